The normalized spacial score (nSPS) is 18.6. The molecule has 0 aromatic heterocycles. The highest BCUT2D eigenvalue weighted by Gasteiger charge is 2.30. The zero-order chi connectivity index (χ0) is 14.7. The van der Waals surface area contributed by atoms with E-state index in [9.17, 15) is 14.5 Å². The molecule has 20 heavy (non-hydrogen) atoms. The van der Waals surface area contributed by atoms with Gasteiger partial charge in [0.1, 0.15) is 11.5 Å². The summed E-state index contributed by atoms with van der Waals surface area (Å²) in [6.07, 6.45) is 3.15. The number of anilines is 1. The topological polar surface area (TPSA) is 66.6 Å². The number of hydrogen-bond acceptors (Lipinski definition) is 4. The van der Waals surface area contributed by atoms with Crippen LogP contribution in [0.5, 0.6) is 0 Å². The molecule has 1 aromatic carbocycles. The van der Waals surface area contributed by atoms with Crippen molar-refractivity contribution >= 4 is 23.0 Å². The smallest absolute Gasteiger partial charge is 0.294 e. The predicted octanol–water partition coefficient (Wildman–Crippen LogP) is 3.13. The quantitative estimate of drug-likeness (QED) is 0.670. The van der Waals surface area contributed by atoms with E-state index in [1.165, 1.54) is 0 Å². The summed E-state index contributed by atoms with van der Waals surface area (Å²) < 4.78 is 13.6. The molecule has 7 heteroatoms. The number of nitrogens with zero attached hydrogens (tertiary/aromatic N) is 2. The first-order valence-corrected chi connectivity index (χ1v) is 6.93. The summed E-state index contributed by atoms with van der Waals surface area (Å²) in [4.78, 5) is 12.4. The number of rotatable bonds is 5. The van der Waals surface area contributed by atoms with Crippen LogP contribution in [0.15, 0.2) is 12.1 Å². The summed E-state index contributed by atoms with van der Waals surface area (Å²) in [6.45, 7) is 0.736. The Morgan fingerprint density at radius 2 is 2.30 bits per heavy atom. The SMILES string of the molecule is O=[N+]([O-])c1cc(Cl)c(F)cc1N1CCCC1CCCO. The van der Waals surface area contributed by atoms with Crippen LogP contribution in [0, 0.1) is 15.9 Å². The van der Waals surface area contributed by atoms with Gasteiger partial charge in [0.15, 0.2) is 0 Å². The molecule has 1 saturated heterocycles. The van der Waals surface area contributed by atoms with E-state index in [-0.39, 0.29) is 29.0 Å². The molecule has 1 aliphatic rings. The highest BCUT2D eigenvalue weighted by molar-refractivity contribution is 6.31. The Balaban J connectivity index is 2.35. The van der Waals surface area contributed by atoms with Crippen LogP contribution in [0.1, 0.15) is 25.7 Å². The largest absolute Gasteiger partial charge is 0.396 e. The molecule has 0 spiro atoms. The van der Waals surface area contributed by atoms with Crippen LogP contribution in [-0.4, -0.2) is 29.2 Å². The molecule has 0 saturated carbocycles. The minimum Gasteiger partial charge on any atom is -0.396 e. The van der Waals surface area contributed by atoms with Gasteiger partial charge in [0.05, 0.1) is 9.95 Å². The van der Waals surface area contributed by atoms with E-state index in [1.54, 1.807) is 0 Å². The lowest BCUT2D eigenvalue weighted by Gasteiger charge is -2.26. The first-order chi connectivity index (χ1) is 9.54. The van der Waals surface area contributed by atoms with Gasteiger partial charge in [0.2, 0.25) is 0 Å². The molecule has 2 rings (SSSR count). The van der Waals surface area contributed by atoms with Crippen molar-refractivity contribution < 1.29 is 14.4 Å². The van der Waals surface area contributed by atoms with Crippen molar-refractivity contribution in [2.45, 2.75) is 31.7 Å². The lowest BCUT2D eigenvalue weighted by molar-refractivity contribution is -0.384. The van der Waals surface area contributed by atoms with Gasteiger partial charge in [0, 0.05) is 31.3 Å². The molecule has 1 unspecified atom stereocenters. The average molecular weight is 303 g/mol. The van der Waals surface area contributed by atoms with Crippen molar-refractivity contribution in [1.82, 2.24) is 0 Å². The summed E-state index contributed by atoms with van der Waals surface area (Å²) in [5, 5.41) is 19.8. The zero-order valence-corrected chi connectivity index (χ0v) is 11.6. The van der Waals surface area contributed by atoms with E-state index in [2.05, 4.69) is 0 Å². The summed E-state index contributed by atoms with van der Waals surface area (Å²) in [6, 6.07) is 2.30. The predicted molar refractivity (Wildman–Crippen MR) is 74.8 cm³/mol. The lowest BCUT2D eigenvalue weighted by atomic mass is 10.1. The Bertz CT molecular complexity index is 513. The fourth-order valence-corrected chi connectivity index (χ4v) is 2.84. The van der Waals surface area contributed by atoms with Gasteiger partial charge < -0.3 is 10.0 Å². The van der Waals surface area contributed by atoms with Gasteiger partial charge in [0.25, 0.3) is 5.69 Å². The van der Waals surface area contributed by atoms with E-state index >= 15 is 0 Å². The van der Waals surface area contributed by atoms with Crippen LogP contribution >= 0.6 is 11.6 Å². The summed E-state index contributed by atoms with van der Waals surface area (Å²) in [7, 11) is 0. The fraction of sp³-hybridized carbons (Fsp3) is 0.538. The molecule has 5 nitrogen and oxygen atoms in total. The minimum atomic E-state index is -0.653. The number of aliphatic hydroxyl groups is 1. The van der Waals surface area contributed by atoms with Crippen molar-refractivity contribution in [3.05, 3.63) is 33.1 Å². The fourth-order valence-electron chi connectivity index (χ4n) is 2.68. The molecular formula is C13H16ClFN2O3. The van der Waals surface area contributed by atoms with E-state index in [0.29, 0.717) is 13.0 Å². The maximum absolute atomic E-state index is 13.6. The maximum atomic E-state index is 13.6. The lowest BCUT2D eigenvalue weighted by Crippen LogP contribution is -2.30. The standard InChI is InChI=1S/C13H16ClFN2O3/c14-10-7-13(17(19)20)12(8-11(10)15)16-5-1-3-9(16)4-2-6-18/h7-9,18H,1-6H2. The molecule has 1 aromatic rings. The molecule has 110 valence electrons. The van der Waals surface area contributed by atoms with Gasteiger partial charge in [-0.25, -0.2) is 4.39 Å². The van der Waals surface area contributed by atoms with Crippen LogP contribution in [0.2, 0.25) is 5.02 Å². The third kappa shape index (κ3) is 3.02. The Kier molecular flexibility index (Phi) is 4.77. The van der Waals surface area contributed by atoms with Crippen LogP contribution < -0.4 is 4.90 Å². The third-order valence-corrected chi connectivity index (χ3v) is 3.89. The van der Waals surface area contributed by atoms with E-state index in [1.807, 2.05) is 4.90 Å². The monoisotopic (exact) mass is 302 g/mol. The summed E-state index contributed by atoms with van der Waals surface area (Å²) in [5.41, 5.74) is 0.102. The number of aliphatic hydroxyl groups excluding tert-OH is 1. The van der Waals surface area contributed by atoms with E-state index in [0.717, 1.165) is 31.4 Å². The Morgan fingerprint density at radius 3 is 2.95 bits per heavy atom. The van der Waals surface area contributed by atoms with Crippen LogP contribution in [0.4, 0.5) is 15.8 Å². The molecule has 1 N–H and O–H groups in total. The molecule has 1 atom stereocenters. The molecule has 0 radical (unpaired) electrons. The van der Waals surface area contributed by atoms with Crippen molar-refractivity contribution in [2.24, 2.45) is 0 Å². The van der Waals surface area contributed by atoms with Crippen molar-refractivity contribution in [2.75, 3.05) is 18.1 Å². The van der Waals surface area contributed by atoms with E-state index < -0.39 is 10.7 Å². The van der Waals surface area contributed by atoms with Crippen molar-refractivity contribution in [3.63, 3.8) is 0 Å². The highest BCUT2D eigenvalue weighted by atomic mass is 35.5. The highest BCUT2D eigenvalue weighted by Crippen LogP contribution is 2.37. The third-order valence-electron chi connectivity index (χ3n) is 3.60. The van der Waals surface area contributed by atoms with Gasteiger partial charge in [-0.1, -0.05) is 11.6 Å². The maximum Gasteiger partial charge on any atom is 0.294 e. The molecule has 1 fully saturated rings. The summed E-state index contributed by atoms with van der Waals surface area (Å²) in [5.74, 6) is -0.653. The molecule has 1 aliphatic heterocycles. The second kappa shape index (κ2) is 6.37. The second-order valence-electron chi connectivity index (χ2n) is 4.87. The van der Waals surface area contributed by atoms with Gasteiger partial charge in [-0.15, -0.1) is 0 Å². The first-order valence-electron chi connectivity index (χ1n) is 6.55. The summed E-state index contributed by atoms with van der Waals surface area (Å²) >= 11 is 5.63. The van der Waals surface area contributed by atoms with E-state index in [4.69, 9.17) is 16.7 Å². The Hall–Kier alpha value is -1.40. The number of nitro groups is 1. The molecular weight excluding hydrogens is 287 g/mol. The van der Waals surface area contributed by atoms with Gasteiger partial charge >= 0.3 is 0 Å². The second-order valence-corrected chi connectivity index (χ2v) is 5.27. The average Bonchev–Trinajstić information content (AvgIpc) is 2.87. The van der Waals surface area contributed by atoms with Gasteiger partial charge in [-0.05, 0) is 25.7 Å². The van der Waals surface area contributed by atoms with Crippen LogP contribution in [-0.2, 0) is 0 Å². The number of halogens is 2. The molecule has 1 heterocycles. The number of nitro benzene ring substituents is 1. The molecule has 0 amide bonds. The molecule has 0 bridgehead atoms. The van der Waals surface area contributed by atoms with Crippen molar-refractivity contribution in [1.29, 1.82) is 0 Å². The van der Waals surface area contributed by atoms with Crippen LogP contribution in [0.3, 0.4) is 0 Å². The molecule has 0 aliphatic carbocycles. The zero-order valence-electron chi connectivity index (χ0n) is 10.9. The Morgan fingerprint density at radius 1 is 1.55 bits per heavy atom. The first kappa shape index (κ1) is 15.0. The number of benzene rings is 1. The minimum absolute atomic E-state index is 0.0847. The van der Waals surface area contributed by atoms with Crippen molar-refractivity contribution in [3.8, 4) is 0 Å². The van der Waals surface area contributed by atoms with Crippen LogP contribution in [0.25, 0.3) is 0 Å². The van der Waals surface area contributed by atoms with Gasteiger partial charge in [-0.2, -0.15) is 0 Å². The van der Waals surface area contributed by atoms with Gasteiger partial charge in [-0.3, -0.25) is 10.1 Å². The Labute approximate surface area is 121 Å². The number of hydrogen-bond donors (Lipinski definition) is 1.